The maximum atomic E-state index is 12.5. The Morgan fingerprint density at radius 1 is 1.35 bits per heavy atom. The van der Waals surface area contributed by atoms with Gasteiger partial charge in [0.15, 0.2) is 0 Å². The van der Waals surface area contributed by atoms with E-state index in [0.29, 0.717) is 37.9 Å². The highest BCUT2D eigenvalue weighted by Gasteiger charge is 2.35. The molecular weight excluding hydrogens is 406 g/mol. The topological polar surface area (TPSA) is 156 Å². The van der Waals surface area contributed by atoms with Crippen LogP contribution in [0.2, 0.25) is 0 Å². The smallest absolute Gasteiger partial charge is 0.290 e. The molecule has 4 N–H and O–H groups in total. The van der Waals surface area contributed by atoms with Crippen LogP contribution in [0.25, 0.3) is 0 Å². The maximum Gasteiger partial charge on any atom is 0.290 e. The second-order valence-corrected chi connectivity index (χ2v) is 6.97. The summed E-state index contributed by atoms with van der Waals surface area (Å²) in [5, 5.41) is 26.3. The standard InChI is InChI=1S/C19H25N5O4.CH2O2/c1-28-17-6-5-14(18(26)21-7-8-24-12-20-11-22-24)10-16(17)23-19(27)13-3-2-4-15(25)9-13;2-1-3/h2-4,9,11-12,14,16-17,25H,5-8,10H2,1H3,(H,21,26)(H,23,27);1H,(H,2,3)/t14-,16+,17+;/m0./s1. The zero-order valence-electron chi connectivity index (χ0n) is 17.2. The third-order valence-electron chi connectivity index (χ3n) is 4.99. The molecule has 31 heavy (non-hydrogen) atoms. The fourth-order valence-corrected chi connectivity index (χ4v) is 3.50. The number of phenolic OH excluding ortho intramolecular Hbond substituents is 1. The molecule has 0 saturated heterocycles. The normalized spacial score (nSPS) is 20.1. The number of amides is 2. The van der Waals surface area contributed by atoms with Crippen LogP contribution in [0.3, 0.4) is 0 Å². The highest BCUT2D eigenvalue weighted by Crippen LogP contribution is 2.27. The van der Waals surface area contributed by atoms with E-state index in [1.807, 2.05) is 0 Å². The van der Waals surface area contributed by atoms with Crippen LogP contribution in [0.5, 0.6) is 5.75 Å². The van der Waals surface area contributed by atoms with Gasteiger partial charge >= 0.3 is 0 Å². The van der Waals surface area contributed by atoms with E-state index in [1.54, 1.807) is 30.3 Å². The lowest BCUT2D eigenvalue weighted by Crippen LogP contribution is -2.50. The molecule has 0 unspecified atom stereocenters. The van der Waals surface area contributed by atoms with Gasteiger partial charge in [-0.2, -0.15) is 5.10 Å². The molecule has 0 aliphatic heterocycles. The highest BCUT2D eigenvalue weighted by molar-refractivity contribution is 5.94. The first-order valence-electron chi connectivity index (χ1n) is 9.79. The molecule has 2 aromatic rings. The maximum absolute atomic E-state index is 12.5. The number of nitrogens with one attached hydrogen (secondary N) is 2. The van der Waals surface area contributed by atoms with Crippen LogP contribution < -0.4 is 10.6 Å². The van der Waals surface area contributed by atoms with Crippen LogP contribution in [0, 0.1) is 5.92 Å². The van der Waals surface area contributed by atoms with E-state index < -0.39 is 0 Å². The van der Waals surface area contributed by atoms with Gasteiger partial charge in [0, 0.05) is 25.1 Å². The van der Waals surface area contributed by atoms with Crippen LogP contribution in [0.1, 0.15) is 29.6 Å². The second kappa shape index (κ2) is 12.3. The van der Waals surface area contributed by atoms with Gasteiger partial charge in [-0.1, -0.05) is 6.07 Å². The molecule has 0 spiro atoms. The van der Waals surface area contributed by atoms with E-state index >= 15 is 0 Å². The fraction of sp³-hybridized carbons (Fsp3) is 0.450. The summed E-state index contributed by atoms with van der Waals surface area (Å²) in [6, 6.07) is 5.89. The van der Waals surface area contributed by atoms with Crippen molar-refractivity contribution in [2.45, 2.75) is 38.0 Å². The number of benzene rings is 1. The minimum absolute atomic E-state index is 0.0317. The van der Waals surface area contributed by atoms with Gasteiger partial charge in [0.25, 0.3) is 12.4 Å². The summed E-state index contributed by atoms with van der Waals surface area (Å²) in [4.78, 5) is 37.3. The number of carboxylic acid groups (broad SMARTS) is 1. The van der Waals surface area contributed by atoms with Crippen LogP contribution in [0.15, 0.2) is 36.9 Å². The summed E-state index contributed by atoms with van der Waals surface area (Å²) in [6.45, 7) is 0.767. The van der Waals surface area contributed by atoms with E-state index in [-0.39, 0.29) is 42.1 Å². The molecular formula is C20H27N5O6. The molecule has 2 amide bonds. The van der Waals surface area contributed by atoms with Crippen molar-refractivity contribution in [1.82, 2.24) is 25.4 Å². The Kier molecular flexibility index (Phi) is 9.43. The molecule has 0 radical (unpaired) electrons. The van der Waals surface area contributed by atoms with Crippen LogP contribution in [-0.4, -0.2) is 69.1 Å². The van der Waals surface area contributed by atoms with Crippen LogP contribution in [0.4, 0.5) is 0 Å². The first-order chi connectivity index (χ1) is 15.0. The summed E-state index contributed by atoms with van der Waals surface area (Å²) >= 11 is 0. The van der Waals surface area contributed by atoms with E-state index in [2.05, 4.69) is 20.7 Å². The quantitative estimate of drug-likeness (QED) is 0.458. The van der Waals surface area contributed by atoms with Gasteiger partial charge in [-0.05, 0) is 37.5 Å². The number of hydrogen-bond donors (Lipinski definition) is 4. The Bertz CT molecular complexity index is 844. The predicted molar refractivity (Wildman–Crippen MR) is 109 cm³/mol. The third-order valence-corrected chi connectivity index (χ3v) is 4.99. The highest BCUT2D eigenvalue weighted by atomic mass is 16.5. The van der Waals surface area contributed by atoms with Gasteiger partial charge < -0.3 is 25.6 Å². The molecule has 1 saturated carbocycles. The van der Waals surface area contributed by atoms with Crippen molar-refractivity contribution in [2.75, 3.05) is 13.7 Å². The van der Waals surface area contributed by atoms with Gasteiger partial charge in [-0.15, -0.1) is 0 Å². The Balaban J connectivity index is 0.00000107. The molecule has 3 rings (SSSR count). The molecule has 1 aromatic heterocycles. The van der Waals surface area contributed by atoms with E-state index in [0.717, 1.165) is 0 Å². The van der Waals surface area contributed by atoms with Gasteiger partial charge in [-0.25, -0.2) is 4.98 Å². The number of rotatable bonds is 7. The van der Waals surface area contributed by atoms with Crippen molar-refractivity contribution in [1.29, 1.82) is 0 Å². The number of hydrogen-bond acceptors (Lipinski definition) is 7. The number of ether oxygens (including phenoxy) is 1. The number of phenols is 1. The van der Waals surface area contributed by atoms with Crippen LogP contribution >= 0.6 is 0 Å². The Morgan fingerprint density at radius 2 is 2.13 bits per heavy atom. The zero-order chi connectivity index (χ0) is 22.6. The lowest BCUT2D eigenvalue weighted by atomic mass is 9.83. The fourth-order valence-electron chi connectivity index (χ4n) is 3.50. The lowest BCUT2D eigenvalue weighted by molar-refractivity contribution is -0.127. The number of aromatic nitrogens is 3. The van der Waals surface area contributed by atoms with Gasteiger partial charge in [-0.3, -0.25) is 19.1 Å². The van der Waals surface area contributed by atoms with Crippen LogP contribution in [-0.2, 0) is 20.9 Å². The summed E-state index contributed by atoms with van der Waals surface area (Å²) in [6.07, 6.45) is 4.78. The zero-order valence-corrected chi connectivity index (χ0v) is 17.2. The summed E-state index contributed by atoms with van der Waals surface area (Å²) < 4.78 is 7.16. The predicted octanol–water partition coefficient (Wildman–Crippen LogP) is 0.414. The van der Waals surface area contributed by atoms with E-state index in [1.165, 1.54) is 18.5 Å². The third kappa shape index (κ3) is 7.37. The molecule has 1 fully saturated rings. The second-order valence-electron chi connectivity index (χ2n) is 6.97. The Morgan fingerprint density at radius 3 is 2.77 bits per heavy atom. The van der Waals surface area contributed by atoms with Crippen molar-refractivity contribution in [3.8, 4) is 5.75 Å². The van der Waals surface area contributed by atoms with Gasteiger partial charge in [0.2, 0.25) is 5.91 Å². The molecule has 3 atom stereocenters. The van der Waals surface area contributed by atoms with E-state index in [4.69, 9.17) is 14.6 Å². The largest absolute Gasteiger partial charge is 0.508 e. The molecule has 168 valence electrons. The Labute approximate surface area is 179 Å². The van der Waals surface area contributed by atoms with Crippen molar-refractivity contribution in [2.24, 2.45) is 5.92 Å². The number of carbonyl (C=O) groups excluding carboxylic acids is 2. The van der Waals surface area contributed by atoms with Crippen molar-refractivity contribution >= 4 is 18.3 Å². The molecule has 1 heterocycles. The number of aromatic hydroxyl groups is 1. The molecule has 1 aliphatic carbocycles. The number of carbonyl (C=O) groups is 3. The molecule has 11 heteroatoms. The number of nitrogens with zero attached hydrogens (tertiary/aromatic N) is 3. The molecule has 11 nitrogen and oxygen atoms in total. The monoisotopic (exact) mass is 433 g/mol. The average molecular weight is 433 g/mol. The first-order valence-corrected chi connectivity index (χ1v) is 9.79. The molecule has 1 aromatic carbocycles. The van der Waals surface area contributed by atoms with Crippen molar-refractivity contribution in [3.63, 3.8) is 0 Å². The number of methoxy groups -OCH3 is 1. The van der Waals surface area contributed by atoms with Crippen molar-refractivity contribution in [3.05, 3.63) is 42.5 Å². The van der Waals surface area contributed by atoms with Gasteiger partial charge in [0.05, 0.1) is 18.7 Å². The van der Waals surface area contributed by atoms with Crippen molar-refractivity contribution < 1.29 is 29.3 Å². The van der Waals surface area contributed by atoms with E-state index in [9.17, 15) is 14.7 Å². The SMILES string of the molecule is CO[C@@H]1CC[C@H](C(=O)NCCn2cncn2)C[C@H]1NC(=O)c1cccc(O)c1.O=CO. The minimum atomic E-state index is -0.296. The average Bonchev–Trinajstić information content (AvgIpc) is 3.27. The minimum Gasteiger partial charge on any atom is -0.508 e. The summed E-state index contributed by atoms with van der Waals surface area (Å²) in [5.41, 5.74) is 0.370. The summed E-state index contributed by atoms with van der Waals surface area (Å²) in [5.74, 6) is -0.498. The molecule has 1 aliphatic rings. The van der Waals surface area contributed by atoms with Gasteiger partial charge in [0.1, 0.15) is 18.4 Å². The Hall–Kier alpha value is -3.47. The summed E-state index contributed by atoms with van der Waals surface area (Å²) in [7, 11) is 1.61. The first kappa shape index (κ1) is 23.8. The molecule has 0 bridgehead atoms. The lowest BCUT2D eigenvalue weighted by Gasteiger charge is -2.35.